The van der Waals surface area contributed by atoms with Gasteiger partial charge in [0.1, 0.15) is 6.10 Å². The Hall–Kier alpha value is -2.83. The summed E-state index contributed by atoms with van der Waals surface area (Å²) >= 11 is 0. The molecule has 0 aromatic heterocycles. The predicted molar refractivity (Wildman–Crippen MR) is 119 cm³/mol. The lowest BCUT2D eigenvalue weighted by Gasteiger charge is -2.40. The fourth-order valence-corrected chi connectivity index (χ4v) is 4.25. The highest BCUT2D eigenvalue weighted by Gasteiger charge is 2.42. The topological polar surface area (TPSA) is 88.1 Å². The lowest BCUT2D eigenvalue weighted by molar-refractivity contribution is -0.181. The van der Waals surface area contributed by atoms with E-state index in [1.807, 2.05) is 0 Å². The van der Waals surface area contributed by atoms with Gasteiger partial charge in [-0.2, -0.15) is 0 Å². The van der Waals surface area contributed by atoms with Crippen LogP contribution in [0.25, 0.3) is 0 Å². The molecule has 0 saturated carbocycles. The summed E-state index contributed by atoms with van der Waals surface area (Å²) in [5.41, 5.74) is 3.42. The smallest absolute Gasteiger partial charge is 0.333 e. The summed E-state index contributed by atoms with van der Waals surface area (Å²) in [4.78, 5) is 35.4. The number of carbonyl (C=O) groups excluding carboxylic acids is 3. The fourth-order valence-electron chi connectivity index (χ4n) is 4.25. The Balaban J connectivity index is 2.45. The summed E-state index contributed by atoms with van der Waals surface area (Å²) in [7, 11) is 1.32. The van der Waals surface area contributed by atoms with Gasteiger partial charge in [-0.25, -0.2) is 4.79 Å². The highest BCUT2D eigenvalue weighted by molar-refractivity contribution is 5.87. The van der Waals surface area contributed by atoms with E-state index in [-0.39, 0.29) is 11.8 Å². The highest BCUT2D eigenvalue weighted by atomic mass is 16.7. The third kappa shape index (κ3) is 6.84. The Bertz CT molecular complexity index is 833. The van der Waals surface area contributed by atoms with E-state index in [0.29, 0.717) is 12.0 Å². The van der Waals surface area contributed by atoms with Crippen molar-refractivity contribution in [2.24, 2.45) is 11.8 Å². The van der Waals surface area contributed by atoms with E-state index in [1.165, 1.54) is 26.5 Å². The zero-order valence-corrected chi connectivity index (χ0v) is 19.6. The predicted octanol–water partition coefficient (Wildman–Crippen LogP) is 4.54. The number of rotatable bonds is 6. The van der Waals surface area contributed by atoms with Crippen LogP contribution in [0.15, 0.2) is 47.3 Å². The van der Waals surface area contributed by atoms with Crippen LogP contribution in [-0.2, 0) is 33.3 Å². The zero-order valence-electron chi connectivity index (χ0n) is 19.6. The van der Waals surface area contributed by atoms with E-state index in [4.69, 9.17) is 18.9 Å². The molecule has 0 spiro atoms. The van der Waals surface area contributed by atoms with Crippen LogP contribution in [-0.4, -0.2) is 37.4 Å². The molecule has 0 fully saturated rings. The number of fused-ring (bicyclic) bond motifs is 1. The maximum absolute atomic E-state index is 11.9. The van der Waals surface area contributed by atoms with Crippen molar-refractivity contribution in [1.29, 1.82) is 0 Å². The van der Waals surface area contributed by atoms with E-state index >= 15 is 0 Å². The Morgan fingerprint density at radius 1 is 1.22 bits per heavy atom. The van der Waals surface area contributed by atoms with Crippen molar-refractivity contribution >= 4 is 17.9 Å². The van der Waals surface area contributed by atoms with Crippen LogP contribution in [0.4, 0.5) is 0 Å². The first-order valence-electron chi connectivity index (χ1n) is 10.9. The fraction of sp³-hybridized carbons (Fsp3) is 0.560. The molecule has 4 atom stereocenters. The standard InChI is InChI=1S/C25H34O7/c1-15-8-7-9-16(2)23-20(12-10-15)21(14-30-25(23)32-19(5)27)22(31-18(4)26)13-11-17(3)24(28)29-6/h8,11,14,20,22-23,25H,2,7,9-10,12-13H2,1,3-6H3. The number of carbonyl (C=O) groups is 3. The summed E-state index contributed by atoms with van der Waals surface area (Å²) in [6.07, 6.45) is 7.54. The minimum Gasteiger partial charge on any atom is -0.466 e. The maximum atomic E-state index is 11.9. The summed E-state index contributed by atoms with van der Waals surface area (Å²) in [6.45, 7) is 10.7. The Kier molecular flexibility index (Phi) is 9.29. The largest absolute Gasteiger partial charge is 0.466 e. The van der Waals surface area contributed by atoms with Crippen molar-refractivity contribution < 1.29 is 33.3 Å². The Morgan fingerprint density at radius 2 is 1.94 bits per heavy atom. The lowest BCUT2D eigenvalue weighted by Crippen LogP contribution is -2.41. The summed E-state index contributed by atoms with van der Waals surface area (Å²) in [5, 5.41) is 0. The zero-order chi connectivity index (χ0) is 23.8. The Morgan fingerprint density at radius 3 is 2.56 bits per heavy atom. The van der Waals surface area contributed by atoms with Crippen LogP contribution in [0.1, 0.15) is 59.8 Å². The summed E-state index contributed by atoms with van der Waals surface area (Å²) in [6, 6.07) is 0. The van der Waals surface area contributed by atoms with E-state index < -0.39 is 30.3 Å². The molecule has 1 aliphatic heterocycles. The van der Waals surface area contributed by atoms with Crippen molar-refractivity contribution in [3.63, 3.8) is 0 Å². The summed E-state index contributed by atoms with van der Waals surface area (Å²) < 4.78 is 21.7. The minimum atomic E-state index is -0.780. The number of methoxy groups -OCH3 is 1. The molecule has 2 rings (SSSR count). The third-order valence-corrected chi connectivity index (χ3v) is 5.88. The number of allylic oxidation sites excluding steroid dienone is 2. The molecule has 0 radical (unpaired) electrons. The molecule has 0 saturated heterocycles. The van der Waals surface area contributed by atoms with Crippen LogP contribution in [0, 0.1) is 11.8 Å². The van der Waals surface area contributed by atoms with Gasteiger partial charge in [-0.3, -0.25) is 9.59 Å². The molecular formula is C25H34O7. The van der Waals surface area contributed by atoms with Crippen molar-refractivity contribution in [2.75, 3.05) is 7.11 Å². The van der Waals surface area contributed by atoms with Crippen LogP contribution in [0.5, 0.6) is 0 Å². The minimum absolute atomic E-state index is 0.0989. The Labute approximate surface area is 190 Å². The number of ether oxygens (including phenoxy) is 4. The van der Waals surface area contributed by atoms with E-state index in [0.717, 1.165) is 36.8 Å². The molecule has 0 amide bonds. The van der Waals surface area contributed by atoms with Crippen LogP contribution in [0.3, 0.4) is 0 Å². The van der Waals surface area contributed by atoms with Gasteiger partial charge in [-0.1, -0.05) is 29.9 Å². The molecule has 7 nitrogen and oxygen atoms in total. The number of hydrogen-bond acceptors (Lipinski definition) is 7. The van der Waals surface area contributed by atoms with Gasteiger partial charge >= 0.3 is 17.9 Å². The van der Waals surface area contributed by atoms with Crippen molar-refractivity contribution in [2.45, 2.75) is 72.2 Å². The SMILES string of the molecule is C=C1CCC=C(C)CCC2C(C(CC=C(C)C(=O)OC)OC(C)=O)=COC(OC(C)=O)C12. The average molecular weight is 447 g/mol. The lowest BCUT2D eigenvalue weighted by atomic mass is 9.74. The van der Waals surface area contributed by atoms with E-state index in [9.17, 15) is 14.4 Å². The second-order valence-electron chi connectivity index (χ2n) is 8.36. The molecule has 32 heavy (non-hydrogen) atoms. The third-order valence-electron chi connectivity index (χ3n) is 5.88. The molecule has 176 valence electrons. The number of hydrogen-bond donors (Lipinski definition) is 0. The van der Waals surface area contributed by atoms with Gasteiger partial charge in [0, 0.05) is 37.3 Å². The van der Waals surface area contributed by atoms with Gasteiger partial charge in [0.2, 0.25) is 6.29 Å². The molecule has 0 aromatic carbocycles. The van der Waals surface area contributed by atoms with Crippen molar-refractivity contribution in [3.8, 4) is 0 Å². The first-order valence-corrected chi connectivity index (χ1v) is 10.9. The quantitative estimate of drug-likeness (QED) is 0.256. The first-order chi connectivity index (χ1) is 15.1. The molecule has 4 unspecified atom stereocenters. The first kappa shape index (κ1) is 25.4. The van der Waals surface area contributed by atoms with E-state index in [2.05, 4.69) is 19.6 Å². The van der Waals surface area contributed by atoms with Crippen molar-refractivity contribution in [1.82, 2.24) is 0 Å². The van der Waals surface area contributed by atoms with Gasteiger partial charge < -0.3 is 18.9 Å². The molecule has 2 aliphatic rings. The molecule has 1 aliphatic carbocycles. The van der Waals surface area contributed by atoms with Crippen LogP contribution < -0.4 is 0 Å². The average Bonchev–Trinajstić information content (AvgIpc) is 2.79. The van der Waals surface area contributed by atoms with Gasteiger partial charge in [-0.15, -0.1) is 0 Å². The van der Waals surface area contributed by atoms with Crippen LogP contribution >= 0.6 is 0 Å². The maximum Gasteiger partial charge on any atom is 0.333 e. The monoisotopic (exact) mass is 446 g/mol. The number of esters is 3. The molecular weight excluding hydrogens is 412 g/mol. The highest BCUT2D eigenvalue weighted by Crippen LogP contribution is 2.43. The second kappa shape index (κ2) is 11.7. The molecule has 7 heteroatoms. The molecule has 0 aromatic rings. The van der Waals surface area contributed by atoms with Gasteiger partial charge in [0.05, 0.1) is 19.3 Å². The van der Waals surface area contributed by atoms with Crippen LogP contribution in [0.2, 0.25) is 0 Å². The van der Waals surface area contributed by atoms with Gasteiger partial charge in [-0.05, 0) is 39.5 Å². The van der Waals surface area contributed by atoms with Gasteiger partial charge in [0.15, 0.2) is 0 Å². The van der Waals surface area contributed by atoms with E-state index in [1.54, 1.807) is 19.3 Å². The van der Waals surface area contributed by atoms with Crippen molar-refractivity contribution in [3.05, 3.63) is 47.3 Å². The molecule has 0 N–H and O–H groups in total. The molecule has 1 heterocycles. The normalized spacial score (nSPS) is 24.8. The van der Waals surface area contributed by atoms with Gasteiger partial charge in [0.25, 0.3) is 0 Å². The molecule has 0 bridgehead atoms. The summed E-state index contributed by atoms with van der Waals surface area (Å²) in [5.74, 6) is -1.66. The second-order valence-corrected chi connectivity index (χ2v) is 8.36.